The first-order chi connectivity index (χ1) is 11.5. The van der Waals surface area contributed by atoms with Crippen LogP contribution >= 0.6 is 0 Å². The van der Waals surface area contributed by atoms with Crippen LogP contribution in [0.4, 0.5) is 5.69 Å². The summed E-state index contributed by atoms with van der Waals surface area (Å²) in [6.07, 6.45) is 4.31. The van der Waals surface area contributed by atoms with Gasteiger partial charge in [0.1, 0.15) is 0 Å². The smallest absolute Gasteiger partial charge is 0.261 e. The topological polar surface area (TPSA) is 59.1 Å². The van der Waals surface area contributed by atoms with Crippen LogP contribution in [0.15, 0.2) is 78.0 Å². The van der Waals surface area contributed by atoms with Crippen molar-refractivity contribution >= 4 is 15.7 Å². The normalized spacial score (nSPS) is 11.2. The number of aromatic nitrogens is 1. The Morgan fingerprint density at radius 2 is 1.42 bits per heavy atom. The fourth-order valence-corrected chi connectivity index (χ4v) is 3.42. The molecule has 1 aromatic heterocycles. The number of nitrogens with zero attached hydrogens (tertiary/aromatic N) is 1. The Hall–Kier alpha value is -2.66. The van der Waals surface area contributed by atoms with Crippen LogP contribution < -0.4 is 4.72 Å². The lowest BCUT2D eigenvalue weighted by Crippen LogP contribution is -2.12. The van der Waals surface area contributed by atoms with E-state index in [1.165, 1.54) is 0 Å². The van der Waals surface area contributed by atoms with E-state index in [-0.39, 0.29) is 4.90 Å². The molecule has 0 aliphatic rings. The van der Waals surface area contributed by atoms with E-state index in [0.29, 0.717) is 5.69 Å². The molecule has 0 aliphatic carbocycles. The molecule has 1 heterocycles. The minimum atomic E-state index is -3.56. The molecule has 0 spiro atoms. The number of aryl methyl sites for hydroxylation is 1. The number of benzene rings is 2. The quantitative estimate of drug-likeness (QED) is 0.770. The average Bonchev–Trinajstić information content (AvgIpc) is 2.58. The van der Waals surface area contributed by atoms with E-state index in [1.54, 1.807) is 48.8 Å². The number of nitrogens with one attached hydrogen (secondary N) is 1. The Bertz CT molecular complexity index is 904. The number of rotatable bonds is 5. The molecule has 0 saturated carbocycles. The van der Waals surface area contributed by atoms with E-state index < -0.39 is 10.0 Å². The van der Waals surface area contributed by atoms with Crippen LogP contribution in [0.1, 0.15) is 16.7 Å². The van der Waals surface area contributed by atoms with Crippen molar-refractivity contribution in [3.05, 3.63) is 89.7 Å². The molecule has 24 heavy (non-hydrogen) atoms. The van der Waals surface area contributed by atoms with Gasteiger partial charge in [0.2, 0.25) is 0 Å². The molecule has 122 valence electrons. The third-order valence-corrected chi connectivity index (χ3v) is 5.09. The molecule has 1 N–H and O–H groups in total. The van der Waals surface area contributed by atoms with Gasteiger partial charge in [-0.15, -0.1) is 0 Å². The molecule has 0 bridgehead atoms. The molecule has 0 aliphatic heterocycles. The zero-order valence-corrected chi connectivity index (χ0v) is 14.1. The van der Waals surface area contributed by atoms with Crippen LogP contribution in [-0.2, 0) is 16.4 Å². The van der Waals surface area contributed by atoms with Gasteiger partial charge in [0, 0.05) is 18.1 Å². The van der Waals surface area contributed by atoms with Gasteiger partial charge < -0.3 is 0 Å². The summed E-state index contributed by atoms with van der Waals surface area (Å²) in [6, 6.07) is 18.1. The van der Waals surface area contributed by atoms with Crippen LogP contribution in [0.25, 0.3) is 0 Å². The Morgan fingerprint density at radius 1 is 0.833 bits per heavy atom. The largest absolute Gasteiger partial charge is 0.280 e. The summed E-state index contributed by atoms with van der Waals surface area (Å²) >= 11 is 0. The van der Waals surface area contributed by atoms with Crippen molar-refractivity contribution < 1.29 is 8.42 Å². The van der Waals surface area contributed by atoms with E-state index in [4.69, 9.17) is 0 Å². The summed E-state index contributed by atoms with van der Waals surface area (Å²) in [5.41, 5.74) is 3.85. The number of pyridine rings is 1. The molecule has 4 nitrogen and oxygen atoms in total. The highest BCUT2D eigenvalue weighted by Gasteiger charge is 2.13. The maximum absolute atomic E-state index is 12.4. The molecule has 5 heteroatoms. The van der Waals surface area contributed by atoms with Gasteiger partial charge >= 0.3 is 0 Å². The minimum Gasteiger partial charge on any atom is -0.280 e. The van der Waals surface area contributed by atoms with Gasteiger partial charge in [0.05, 0.1) is 4.90 Å². The van der Waals surface area contributed by atoms with Crippen molar-refractivity contribution in [3.63, 3.8) is 0 Å². The minimum absolute atomic E-state index is 0.258. The van der Waals surface area contributed by atoms with Gasteiger partial charge in [-0.2, -0.15) is 0 Å². The maximum Gasteiger partial charge on any atom is 0.261 e. The van der Waals surface area contributed by atoms with E-state index in [2.05, 4.69) is 9.71 Å². The molecule has 0 unspecified atom stereocenters. The standard InChI is InChI=1S/C19H18N2O2S/c1-15-2-8-19(9-3-15)24(22,23)21-18-6-4-16(5-7-18)14-17-10-12-20-13-11-17/h2-13,21H,14H2,1H3. The molecular formula is C19H18N2O2S. The van der Waals surface area contributed by atoms with Gasteiger partial charge in [-0.3, -0.25) is 9.71 Å². The van der Waals surface area contributed by atoms with Crippen LogP contribution in [0.2, 0.25) is 0 Å². The highest BCUT2D eigenvalue weighted by molar-refractivity contribution is 7.92. The third-order valence-electron chi connectivity index (χ3n) is 3.70. The molecular weight excluding hydrogens is 320 g/mol. The lowest BCUT2D eigenvalue weighted by molar-refractivity contribution is 0.601. The molecule has 3 rings (SSSR count). The first kappa shape index (κ1) is 16.2. The van der Waals surface area contributed by atoms with Gasteiger partial charge in [-0.1, -0.05) is 29.8 Å². The second kappa shape index (κ2) is 6.84. The number of hydrogen-bond donors (Lipinski definition) is 1. The molecule has 0 amide bonds. The monoisotopic (exact) mass is 338 g/mol. The first-order valence-electron chi connectivity index (χ1n) is 7.60. The van der Waals surface area contributed by atoms with Crippen LogP contribution in [0.3, 0.4) is 0 Å². The SMILES string of the molecule is Cc1ccc(S(=O)(=O)Nc2ccc(Cc3ccncc3)cc2)cc1. The number of hydrogen-bond acceptors (Lipinski definition) is 3. The zero-order chi connectivity index (χ0) is 17.0. The summed E-state index contributed by atoms with van der Waals surface area (Å²) in [5.74, 6) is 0. The second-order valence-electron chi connectivity index (χ2n) is 5.65. The fourth-order valence-electron chi connectivity index (χ4n) is 2.36. The Morgan fingerprint density at radius 3 is 2.04 bits per heavy atom. The summed E-state index contributed by atoms with van der Waals surface area (Å²) in [6.45, 7) is 1.92. The maximum atomic E-state index is 12.4. The number of anilines is 1. The van der Waals surface area contributed by atoms with E-state index in [9.17, 15) is 8.42 Å². The summed E-state index contributed by atoms with van der Waals surface area (Å²) in [7, 11) is -3.56. The van der Waals surface area contributed by atoms with Gasteiger partial charge in [-0.05, 0) is 60.9 Å². The Labute approximate surface area is 142 Å². The summed E-state index contributed by atoms with van der Waals surface area (Å²) in [4.78, 5) is 4.26. The average molecular weight is 338 g/mol. The van der Waals surface area contributed by atoms with Crippen molar-refractivity contribution in [1.82, 2.24) is 4.98 Å². The molecule has 2 aromatic carbocycles. The van der Waals surface area contributed by atoms with Gasteiger partial charge in [-0.25, -0.2) is 8.42 Å². The van der Waals surface area contributed by atoms with E-state index in [0.717, 1.165) is 23.1 Å². The highest BCUT2D eigenvalue weighted by Crippen LogP contribution is 2.18. The van der Waals surface area contributed by atoms with Gasteiger partial charge in [0.25, 0.3) is 10.0 Å². The predicted molar refractivity (Wildman–Crippen MR) is 95.5 cm³/mol. The fraction of sp³-hybridized carbons (Fsp3) is 0.105. The number of sulfonamides is 1. The molecule has 3 aromatic rings. The lowest BCUT2D eigenvalue weighted by Gasteiger charge is -2.09. The van der Waals surface area contributed by atoms with E-state index >= 15 is 0 Å². The second-order valence-corrected chi connectivity index (χ2v) is 7.33. The van der Waals surface area contributed by atoms with Crippen LogP contribution in [0, 0.1) is 6.92 Å². The van der Waals surface area contributed by atoms with Crippen molar-refractivity contribution in [3.8, 4) is 0 Å². The summed E-state index contributed by atoms with van der Waals surface area (Å²) < 4.78 is 27.3. The highest BCUT2D eigenvalue weighted by atomic mass is 32.2. The first-order valence-corrected chi connectivity index (χ1v) is 9.09. The van der Waals surface area contributed by atoms with E-state index in [1.807, 2.05) is 31.2 Å². The molecule has 0 fully saturated rings. The van der Waals surface area contributed by atoms with Crippen molar-refractivity contribution in [2.45, 2.75) is 18.2 Å². The van der Waals surface area contributed by atoms with Crippen LogP contribution in [0.5, 0.6) is 0 Å². The van der Waals surface area contributed by atoms with Crippen LogP contribution in [-0.4, -0.2) is 13.4 Å². The summed E-state index contributed by atoms with van der Waals surface area (Å²) in [5, 5.41) is 0. The predicted octanol–water partition coefficient (Wildman–Crippen LogP) is 3.78. The van der Waals surface area contributed by atoms with Crippen molar-refractivity contribution in [1.29, 1.82) is 0 Å². The van der Waals surface area contributed by atoms with Crippen molar-refractivity contribution in [2.24, 2.45) is 0 Å². The van der Waals surface area contributed by atoms with Gasteiger partial charge in [0.15, 0.2) is 0 Å². The zero-order valence-electron chi connectivity index (χ0n) is 13.3. The molecule has 0 atom stereocenters. The van der Waals surface area contributed by atoms with Crippen molar-refractivity contribution in [2.75, 3.05) is 4.72 Å². The lowest BCUT2D eigenvalue weighted by atomic mass is 10.1. The third kappa shape index (κ3) is 4.00. The molecule has 0 saturated heterocycles. The molecule has 0 radical (unpaired) electrons. The Kier molecular flexibility index (Phi) is 4.62. The Balaban J connectivity index is 1.73.